The fourth-order valence-corrected chi connectivity index (χ4v) is 1.53. The second kappa shape index (κ2) is 5.16. The highest BCUT2D eigenvalue weighted by molar-refractivity contribution is 5.73. The van der Waals surface area contributed by atoms with E-state index in [4.69, 9.17) is 4.74 Å². The van der Waals surface area contributed by atoms with Gasteiger partial charge in [-0.15, -0.1) is 0 Å². The molecule has 0 heterocycles. The van der Waals surface area contributed by atoms with Gasteiger partial charge in [0.2, 0.25) is 0 Å². The van der Waals surface area contributed by atoms with Gasteiger partial charge in [0, 0.05) is 6.99 Å². The van der Waals surface area contributed by atoms with Crippen molar-refractivity contribution >= 4 is 5.97 Å². The number of hydrogen-bond acceptors (Lipinski definition) is 5. The number of hydrogen-bond donors (Lipinski definition) is 2. The van der Waals surface area contributed by atoms with Crippen molar-refractivity contribution in [2.45, 2.75) is 19.1 Å². The molecule has 0 aliphatic heterocycles. The molecule has 0 atom stereocenters. The molecule has 5 nitrogen and oxygen atoms in total. The molecule has 0 saturated heterocycles. The molecule has 1 aromatic carbocycles. The Balaban J connectivity index is 0.00000289. The van der Waals surface area contributed by atoms with Gasteiger partial charge in [-0.05, 0) is 30.7 Å². The zero-order valence-electron chi connectivity index (χ0n) is 10.1. The molecule has 5 heteroatoms. The lowest BCUT2D eigenvalue weighted by Gasteiger charge is -2.20. The predicted molar refractivity (Wildman–Crippen MR) is 62.6 cm³/mol. The third-order valence-corrected chi connectivity index (χ3v) is 2.39. The van der Waals surface area contributed by atoms with E-state index in [1.165, 1.54) is 27.2 Å². The van der Waals surface area contributed by atoms with Crippen molar-refractivity contribution in [3.63, 3.8) is 0 Å². The fraction of sp³-hybridized carbons (Fsp3) is 0.417. The molecule has 0 bridgehead atoms. The van der Waals surface area contributed by atoms with E-state index in [0.29, 0.717) is 11.3 Å². The molecule has 0 fully saturated rings. The van der Waals surface area contributed by atoms with Crippen LogP contribution in [0.5, 0.6) is 5.75 Å². The summed E-state index contributed by atoms with van der Waals surface area (Å²) in [6.45, 7) is 1.23. The van der Waals surface area contributed by atoms with E-state index in [-0.39, 0.29) is 13.4 Å². The minimum absolute atomic E-state index is 0. The van der Waals surface area contributed by atoms with Crippen LogP contribution in [0, 0.1) is 0 Å². The third kappa shape index (κ3) is 3.44. The Morgan fingerprint density at radius 1 is 1.41 bits per heavy atom. The van der Waals surface area contributed by atoms with Gasteiger partial charge in [0.25, 0.3) is 0 Å². The van der Waals surface area contributed by atoms with Crippen LogP contribution in [0.3, 0.4) is 0 Å². The Morgan fingerprint density at radius 2 is 2.06 bits per heavy atom. The average molecular weight is 242 g/mol. The monoisotopic (exact) mass is 242 g/mol. The molecule has 2 N–H and O–H groups in total. The quantitative estimate of drug-likeness (QED) is 0.603. The van der Waals surface area contributed by atoms with Gasteiger partial charge in [-0.2, -0.15) is 0 Å². The van der Waals surface area contributed by atoms with Crippen LogP contribution in [-0.4, -0.2) is 30.4 Å². The first-order valence-electron chi connectivity index (χ1n) is 5.07. The van der Waals surface area contributed by atoms with Crippen LogP contribution in [-0.2, 0) is 21.7 Å². The van der Waals surface area contributed by atoms with Crippen molar-refractivity contribution in [1.82, 2.24) is 0 Å². The largest absolute Gasteiger partial charge is 0.497 e. The number of esters is 1. The van der Waals surface area contributed by atoms with Crippen LogP contribution in [0.4, 0.5) is 0 Å². The topological polar surface area (TPSA) is 76.0 Å². The minimum Gasteiger partial charge on any atom is -0.497 e. The Hall–Kier alpha value is -1.59. The van der Waals surface area contributed by atoms with Gasteiger partial charge >= 0.3 is 5.97 Å². The summed E-state index contributed by atoms with van der Waals surface area (Å²) in [7, 11) is 2.77. The molecule has 0 unspecified atom stereocenters. The molecular formula is C12H18O5. The first-order valence-corrected chi connectivity index (χ1v) is 5.07. The molecule has 0 amide bonds. The summed E-state index contributed by atoms with van der Waals surface area (Å²) in [6.07, 6.45) is -0.0419. The number of rotatable bonds is 4. The summed E-state index contributed by atoms with van der Waals surface area (Å²) in [5, 5.41) is 19.2. The molecular weight excluding hydrogens is 224 g/mol. The lowest BCUT2D eigenvalue weighted by Crippen LogP contribution is -2.23. The second-order valence-electron chi connectivity index (χ2n) is 3.80. The summed E-state index contributed by atoms with van der Waals surface area (Å²) in [4.78, 5) is 11.2. The highest BCUT2D eigenvalue weighted by Gasteiger charge is 2.23. The molecule has 0 radical (unpaired) electrons. The Kier molecular flexibility index (Phi) is 4.09. The van der Waals surface area contributed by atoms with E-state index in [1.807, 2.05) is 0 Å². The maximum absolute atomic E-state index is 11.2. The summed E-state index contributed by atoms with van der Waals surface area (Å²) >= 11 is 0. The summed E-state index contributed by atoms with van der Waals surface area (Å²) in [6, 6.07) is 4.69. The molecule has 96 valence electrons. The van der Waals surface area contributed by atoms with Crippen molar-refractivity contribution < 1.29 is 25.9 Å². The summed E-state index contributed by atoms with van der Waals surface area (Å²) in [5.74, 6) is -1.92. The summed E-state index contributed by atoms with van der Waals surface area (Å²) < 4.78 is 9.57. The van der Waals surface area contributed by atoms with Crippen LogP contribution in [0.2, 0.25) is 0 Å². The van der Waals surface area contributed by atoms with E-state index >= 15 is 0 Å². The zero-order chi connectivity index (χ0) is 13.1. The molecule has 0 aliphatic rings. The van der Waals surface area contributed by atoms with Crippen molar-refractivity contribution in [2.75, 3.05) is 14.2 Å². The molecule has 0 spiro atoms. The first-order chi connectivity index (χ1) is 7.88. The van der Waals surface area contributed by atoms with Crippen LogP contribution in [0.1, 0.15) is 19.5 Å². The number of aliphatic hydroxyl groups is 2. The van der Waals surface area contributed by atoms with E-state index in [1.54, 1.807) is 12.1 Å². The molecule has 1 rings (SSSR count). The van der Waals surface area contributed by atoms with Gasteiger partial charge in [0.1, 0.15) is 5.75 Å². The molecule has 0 saturated carbocycles. The third-order valence-electron chi connectivity index (χ3n) is 2.39. The van der Waals surface area contributed by atoms with E-state index in [0.717, 1.165) is 0 Å². The molecule has 17 heavy (non-hydrogen) atoms. The number of ether oxygens (including phenoxy) is 2. The van der Waals surface area contributed by atoms with Gasteiger partial charge in [-0.3, -0.25) is 4.79 Å². The van der Waals surface area contributed by atoms with Gasteiger partial charge in [0.15, 0.2) is 5.79 Å². The zero-order valence-corrected chi connectivity index (χ0v) is 10.1. The van der Waals surface area contributed by atoms with Crippen LogP contribution in [0.15, 0.2) is 18.2 Å². The van der Waals surface area contributed by atoms with Gasteiger partial charge < -0.3 is 19.7 Å². The fourth-order valence-electron chi connectivity index (χ4n) is 1.53. The van der Waals surface area contributed by atoms with Gasteiger partial charge in [-0.25, -0.2) is 0 Å². The van der Waals surface area contributed by atoms with Crippen molar-refractivity contribution in [3.05, 3.63) is 29.3 Å². The smallest absolute Gasteiger partial charge is 0.309 e. The maximum Gasteiger partial charge on any atom is 0.309 e. The highest BCUT2D eigenvalue weighted by atomic mass is 16.5. The Morgan fingerprint density at radius 3 is 2.53 bits per heavy atom. The molecule has 0 aromatic heterocycles. The molecule has 1 aromatic rings. The summed E-state index contributed by atoms with van der Waals surface area (Å²) in [5.41, 5.74) is 0.715. The first kappa shape index (κ1) is 13.5. The Bertz CT molecular complexity index is 411. The average Bonchev–Trinajstić information content (AvgIpc) is 2.27. The lowest BCUT2D eigenvalue weighted by atomic mass is 9.98. The van der Waals surface area contributed by atoms with Crippen molar-refractivity contribution in [2.24, 2.45) is 0 Å². The normalized spacial score (nSPS) is 11.1. The number of carbonyl (C=O) groups is 1. The van der Waals surface area contributed by atoms with Crippen molar-refractivity contribution in [3.8, 4) is 5.75 Å². The Labute approximate surface area is 101 Å². The predicted octanol–water partition coefficient (Wildman–Crippen LogP) is 0.814. The van der Waals surface area contributed by atoms with Crippen molar-refractivity contribution in [1.29, 1.82) is 0 Å². The number of benzene rings is 1. The van der Waals surface area contributed by atoms with E-state index < -0.39 is 11.8 Å². The van der Waals surface area contributed by atoms with E-state index in [9.17, 15) is 15.0 Å². The van der Waals surface area contributed by atoms with Crippen LogP contribution >= 0.6 is 0 Å². The van der Waals surface area contributed by atoms with Crippen LogP contribution in [0.25, 0.3) is 0 Å². The SMILES string of the molecule is COC(=O)Cc1cc(OC)ccc1C(C)(O)O.[HH]. The number of methoxy groups -OCH3 is 2. The van der Waals surface area contributed by atoms with Crippen LogP contribution < -0.4 is 4.74 Å². The minimum atomic E-state index is -2.00. The molecule has 0 aliphatic carbocycles. The maximum atomic E-state index is 11.2. The van der Waals surface area contributed by atoms with Gasteiger partial charge in [0.05, 0.1) is 20.6 Å². The highest BCUT2D eigenvalue weighted by Crippen LogP contribution is 2.26. The number of carbonyl (C=O) groups excluding carboxylic acids is 1. The standard InChI is InChI=1S/C12H16O5.H2/c1-12(14,15)10-5-4-9(16-2)6-8(10)7-11(13)17-3;/h4-6,14-15H,7H2,1-3H3;1H. The second-order valence-corrected chi connectivity index (χ2v) is 3.80. The van der Waals surface area contributed by atoms with E-state index in [2.05, 4.69) is 4.74 Å². The van der Waals surface area contributed by atoms with Gasteiger partial charge in [-0.1, -0.05) is 0 Å². The lowest BCUT2D eigenvalue weighted by molar-refractivity contribution is -0.153.